The smallest absolute Gasteiger partial charge is 0.328 e. The number of nitriles is 1. The van der Waals surface area contributed by atoms with Gasteiger partial charge in [0.05, 0.1) is 13.2 Å². The van der Waals surface area contributed by atoms with Gasteiger partial charge in [-0.15, -0.1) is 0 Å². The van der Waals surface area contributed by atoms with Crippen LogP contribution in [0.2, 0.25) is 0 Å². The number of nitrogens with zero attached hydrogens (tertiary/aromatic N) is 2. The number of hydrogen-bond donors (Lipinski definition) is 0. The highest BCUT2D eigenvalue weighted by Crippen LogP contribution is 2.18. The summed E-state index contributed by atoms with van der Waals surface area (Å²) in [5.74, 6) is -0.686. The maximum atomic E-state index is 11.4. The molecule has 5 heteroatoms. The third-order valence-corrected chi connectivity index (χ3v) is 2.28. The molecule has 1 atom stereocenters. The summed E-state index contributed by atoms with van der Waals surface area (Å²) in [6, 6.07) is 1.29. The van der Waals surface area contributed by atoms with Crippen molar-refractivity contribution in [2.24, 2.45) is 0 Å². The van der Waals surface area contributed by atoms with Crippen molar-refractivity contribution in [3.63, 3.8) is 0 Å². The van der Waals surface area contributed by atoms with Crippen molar-refractivity contribution in [3.05, 3.63) is 0 Å². The normalized spacial score (nSPS) is 20.3. The number of methoxy groups -OCH3 is 1. The lowest BCUT2D eigenvalue weighted by atomic mass is 10.2. The van der Waals surface area contributed by atoms with E-state index in [2.05, 4.69) is 4.74 Å². The van der Waals surface area contributed by atoms with Crippen LogP contribution in [0.4, 0.5) is 0 Å². The highest BCUT2D eigenvalue weighted by atomic mass is 16.5. The van der Waals surface area contributed by atoms with Crippen molar-refractivity contribution in [3.8, 4) is 6.07 Å². The van der Waals surface area contributed by atoms with E-state index in [0.717, 1.165) is 6.42 Å². The molecule has 0 aromatic rings. The maximum absolute atomic E-state index is 11.4. The van der Waals surface area contributed by atoms with Gasteiger partial charge in [-0.05, 0) is 12.8 Å². The lowest BCUT2D eigenvalue weighted by Gasteiger charge is -2.21. The minimum Gasteiger partial charge on any atom is -0.467 e. The van der Waals surface area contributed by atoms with E-state index in [9.17, 15) is 9.59 Å². The molecule has 1 rings (SSSR count). The van der Waals surface area contributed by atoms with Crippen LogP contribution in [0, 0.1) is 11.3 Å². The standard InChI is InChI=1S/C9H12N2O3/c1-14-9(13)7-3-2-6-11(7)8(12)4-5-10/h7H,2-4,6H2,1H3/t7-/m0/s1. The Morgan fingerprint density at radius 1 is 1.64 bits per heavy atom. The van der Waals surface area contributed by atoms with Crippen LogP contribution >= 0.6 is 0 Å². The van der Waals surface area contributed by atoms with Gasteiger partial charge in [0.25, 0.3) is 0 Å². The summed E-state index contributed by atoms with van der Waals surface area (Å²) in [5, 5.41) is 8.37. The summed E-state index contributed by atoms with van der Waals surface area (Å²) >= 11 is 0. The van der Waals surface area contributed by atoms with Crippen LogP contribution in [-0.2, 0) is 14.3 Å². The van der Waals surface area contributed by atoms with Gasteiger partial charge in [0.1, 0.15) is 12.5 Å². The summed E-state index contributed by atoms with van der Waals surface area (Å²) in [6.45, 7) is 0.542. The molecule has 1 fully saturated rings. The summed E-state index contributed by atoms with van der Waals surface area (Å²) in [7, 11) is 1.30. The van der Waals surface area contributed by atoms with Gasteiger partial charge in [0.15, 0.2) is 0 Å². The molecule has 0 saturated carbocycles. The van der Waals surface area contributed by atoms with Crippen molar-refractivity contribution in [1.29, 1.82) is 5.26 Å². The van der Waals surface area contributed by atoms with Crippen molar-refractivity contribution in [2.75, 3.05) is 13.7 Å². The molecule has 1 heterocycles. The molecule has 14 heavy (non-hydrogen) atoms. The number of amides is 1. The fraction of sp³-hybridized carbons (Fsp3) is 0.667. The zero-order valence-electron chi connectivity index (χ0n) is 8.02. The zero-order valence-corrected chi connectivity index (χ0v) is 8.02. The second kappa shape index (κ2) is 4.61. The average Bonchev–Trinajstić information content (AvgIpc) is 2.65. The number of rotatable bonds is 2. The Morgan fingerprint density at radius 3 is 2.93 bits per heavy atom. The summed E-state index contributed by atoms with van der Waals surface area (Å²) < 4.78 is 4.58. The van der Waals surface area contributed by atoms with E-state index in [1.54, 1.807) is 6.07 Å². The second-order valence-corrected chi connectivity index (χ2v) is 3.10. The van der Waals surface area contributed by atoms with Crippen molar-refractivity contribution < 1.29 is 14.3 Å². The lowest BCUT2D eigenvalue weighted by Crippen LogP contribution is -2.40. The van der Waals surface area contributed by atoms with Gasteiger partial charge < -0.3 is 9.64 Å². The highest BCUT2D eigenvalue weighted by Gasteiger charge is 2.34. The van der Waals surface area contributed by atoms with Crippen LogP contribution in [0.3, 0.4) is 0 Å². The summed E-state index contributed by atoms with van der Waals surface area (Å²) in [5.41, 5.74) is 0. The molecular formula is C9H12N2O3. The van der Waals surface area contributed by atoms with Crippen LogP contribution in [0.1, 0.15) is 19.3 Å². The van der Waals surface area contributed by atoms with Crippen molar-refractivity contribution in [2.45, 2.75) is 25.3 Å². The molecule has 1 saturated heterocycles. The first-order valence-electron chi connectivity index (χ1n) is 4.45. The van der Waals surface area contributed by atoms with Gasteiger partial charge in [-0.1, -0.05) is 0 Å². The number of likely N-dealkylation sites (tertiary alicyclic amines) is 1. The van der Waals surface area contributed by atoms with Crippen LogP contribution in [0.5, 0.6) is 0 Å². The molecule has 0 aliphatic carbocycles. The van der Waals surface area contributed by atoms with Gasteiger partial charge in [-0.2, -0.15) is 5.26 Å². The van der Waals surface area contributed by atoms with Gasteiger partial charge in [-0.3, -0.25) is 4.79 Å². The SMILES string of the molecule is COC(=O)[C@@H]1CCCN1C(=O)CC#N. The molecule has 0 spiro atoms. The Kier molecular flexibility index (Phi) is 3.46. The van der Waals surface area contributed by atoms with Crippen LogP contribution in [-0.4, -0.2) is 36.5 Å². The van der Waals surface area contributed by atoms with Crippen molar-refractivity contribution >= 4 is 11.9 Å². The predicted molar refractivity (Wildman–Crippen MR) is 47.0 cm³/mol. The summed E-state index contributed by atoms with van der Waals surface area (Å²) in [6.07, 6.45) is 1.24. The monoisotopic (exact) mass is 196 g/mol. The predicted octanol–water partition coefficient (Wildman–Crippen LogP) is 0.0641. The Bertz CT molecular complexity index is 282. The van der Waals surface area contributed by atoms with E-state index in [-0.39, 0.29) is 12.3 Å². The van der Waals surface area contributed by atoms with Crippen molar-refractivity contribution in [1.82, 2.24) is 4.90 Å². The highest BCUT2D eigenvalue weighted by molar-refractivity contribution is 5.86. The van der Waals surface area contributed by atoms with Crippen LogP contribution in [0.25, 0.3) is 0 Å². The molecule has 0 bridgehead atoms. The zero-order chi connectivity index (χ0) is 10.6. The van der Waals surface area contributed by atoms with E-state index in [4.69, 9.17) is 5.26 Å². The largest absolute Gasteiger partial charge is 0.467 e. The molecule has 0 aromatic carbocycles. The Labute approximate surface area is 82.2 Å². The number of ether oxygens (including phenoxy) is 1. The van der Waals surface area contributed by atoms with Gasteiger partial charge in [-0.25, -0.2) is 4.79 Å². The van der Waals surface area contributed by atoms with E-state index in [1.165, 1.54) is 12.0 Å². The first-order chi connectivity index (χ1) is 6.70. The molecule has 76 valence electrons. The third kappa shape index (κ3) is 2.02. The third-order valence-electron chi connectivity index (χ3n) is 2.28. The molecule has 5 nitrogen and oxygen atoms in total. The molecule has 1 aliphatic heterocycles. The average molecular weight is 196 g/mol. The number of hydrogen-bond acceptors (Lipinski definition) is 4. The quantitative estimate of drug-likeness (QED) is 0.586. The molecule has 0 unspecified atom stereocenters. The van der Waals surface area contributed by atoms with E-state index < -0.39 is 12.0 Å². The number of carbonyl (C=O) groups is 2. The first kappa shape index (κ1) is 10.5. The van der Waals surface area contributed by atoms with Gasteiger partial charge in [0.2, 0.25) is 5.91 Å². The van der Waals surface area contributed by atoms with Gasteiger partial charge in [0, 0.05) is 6.54 Å². The Morgan fingerprint density at radius 2 is 2.36 bits per heavy atom. The Balaban J connectivity index is 2.64. The fourth-order valence-electron chi connectivity index (χ4n) is 1.62. The van der Waals surface area contributed by atoms with E-state index >= 15 is 0 Å². The Hall–Kier alpha value is -1.57. The number of esters is 1. The molecule has 1 amide bonds. The molecule has 0 N–H and O–H groups in total. The molecule has 0 aromatic heterocycles. The summed E-state index contributed by atoms with van der Waals surface area (Å²) in [4.78, 5) is 24.0. The van der Waals surface area contributed by atoms with Crippen LogP contribution < -0.4 is 0 Å². The molecule has 0 radical (unpaired) electrons. The maximum Gasteiger partial charge on any atom is 0.328 e. The topological polar surface area (TPSA) is 70.4 Å². The second-order valence-electron chi connectivity index (χ2n) is 3.10. The lowest BCUT2D eigenvalue weighted by molar-refractivity contribution is -0.150. The molecule has 1 aliphatic rings. The van der Waals surface area contributed by atoms with Gasteiger partial charge >= 0.3 is 5.97 Å². The molecular weight excluding hydrogens is 184 g/mol. The minimum atomic E-state index is -0.485. The van der Waals surface area contributed by atoms with E-state index in [0.29, 0.717) is 13.0 Å². The van der Waals surface area contributed by atoms with Crippen LogP contribution in [0.15, 0.2) is 0 Å². The number of carbonyl (C=O) groups excluding carboxylic acids is 2. The fourth-order valence-corrected chi connectivity index (χ4v) is 1.62. The van der Waals surface area contributed by atoms with E-state index in [1.807, 2.05) is 0 Å². The minimum absolute atomic E-state index is 0.173. The first-order valence-corrected chi connectivity index (χ1v) is 4.45.